The van der Waals surface area contributed by atoms with Crippen LogP contribution in [0.25, 0.3) is 0 Å². The van der Waals surface area contributed by atoms with Crippen LogP contribution in [0.15, 0.2) is 9.85 Å². The average Bonchev–Trinajstić information content (AvgIpc) is 2.42. The molecule has 0 amide bonds. The first-order valence-corrected chi connectivity index (χ1v) is 5.98. The first kappa shape index (κ1) is 13.0. The van der Waals surface area contributed by atoms with Crippen molar-refractivity contribution in [2.24, 2.45) is 5.73 Å². The predicted molar refractivity (Wildman–Crippen MR) is 59.0 cm³/mol. The van der Waals surface area contributed by atoms with Gasteiger partial charge in [-0.3, -0.25) is 0 Å². The summed E-state index contributed by atoms with van der Waals surface area (Å²) in [6.07, 6.45) is -5.01. The normalized spacial score (nSPS) is 14.3. The smallest absolute Gasteiger partial charge is 0.323 e. The van der Waals surface area contributed by atoms with E-state index in [0.29, 0.717) is 0 Å². The van der Waals surface area contributed by atoms with Crippen LogP contribution < -0.4 is 5.73 Å². The van der Waals surface area contributed by atoms with Crippen LogP contribution in [-0.4, -0.2) is 6.18 Å². The zero-order chi connectivity index (χ0) is 11.6. The number of thiophene rings is 1. The third kappa shape index (κ3) is 4.12. The maximum absolute atomic E-state index is 12.0. The van der Waals surface area contributed by atoms with Crippen LogP contribution in [0.5, 0.6) is 0 Å². The monoisotopic (exact) mass is 301 g/mol. The van der Waals surface area contributed by atoms with Crippen LogP contribution in [-0.2, 0) is 0 Å². The van der Waals surface area contributed by atoms with Crippen molar-refractivity contribution in [1.82, 2.24) is 0 Å². The minimum atomic E-state index is -4.12. The third-order valence-corrected chi connectivity index (χ3v) is 4.25. The van der Waals surface area contributed by atoms with E-state index in [4.69, 9.17) is 5.73 Å². The topological polar surface area (TPSA) is 26.0 Å². The molecular weight excluding hydrogens is 291 g/mol. The Kier molecular flexibility index (Phi) is 4.20. The average molecular weight is 302 g/mol. The second-order valence-electron chi connectivity index (χ2n) is 3.37. The summed E-state index contributed by atoms with van der Waals surface area (Å²) < 4.78 is 36.8. The Bertz CT molecular complexity index is 315. The van der Waals surface area contributed by atoms with Gasteiger partial charge in [-0.1, -0.05) is 0 Å². The second kappa shape index (κ2) is 4.84. The van der Waals surface area contributed by atoms with Crippen molar-refractivity contribution in [2.45, 2.75) is 32.0 Å². The fraction of sp³-hybridized carbons (Fsp3) is 0.556. The zero-order valence-corrected chi connectivity index (χ0v) is 10.5. The van der Waals surface area contributed by atoms with E-state index in [0.717, 1.165) is 14.2 Å². The quantitative estimate of drug-likeness (QED) is 0.891. The van der Waals surface area contributed by atoms with Gasteiger partial charge in [0, 0.05) is 17.3 Å². The lowest BCUT2D eigenvalue weighted by Crippen LogP contribution is -2.14. The molecule has 1 aromatic heterocycles. The number of rotatable bonds is 3. The van der Waals surface area contributed by atoms with Crippen molar-refractivity contribution in [3.05, 3.63) is 20.3 Å². The highest BCUT2D eigenvalue weighted by Crippen LogP contribution is 2.33. The number of aryl methyl sites for hydroxylation is 1. The van der Waals surface area contributed by atoms with Gasteiger partial charge in [-0.25, -0.2) is 0 Å². The predicted octanol–water partition coefficient (Wildman–Crippen LogP) is 4.16. The van der Waals surface area contributed by atoms with Gasteiger partial charge in [0.15, 0.2) is 0 Å². The zero-order valence-electron chi connectivity index (χ0n) is 8.07. The van der Waals surface area contributed by atoms with Gasteiger partial charge < -0.3 is 5.73 Å². The van der Waals surface area contributed by atoms with Gasteiger partial charge in [0.1, 0.15) is 0 Å². The van der Waals surface area contributed by atoms with Crippen LogP contribution in [0.2, 0.25) is 0 Å². The van der Waals surface area contributed by atoms with Crippen molar-refractivity contribution < 1.29 is 13.2 Å². The Balaban J connectivity index is 2.58. The van der Waals surface area contributed by atoms with E-state index in [9.17, 15) is 13.2 Å². The molecule has 0 fully saturated rings. The molecule has 1 aromatic rings. The van der Waals surface area contributed by atoms with E-state index >= 15 is 0 Å². The number of nitrogens with two attached hydrogens (primary N) is 1. The molecular formula is C9H11BrF3NS. The standard InChI is InChI=1S/C9H11BrF3NS/c1-5-4-7(15-8(5)10)6(14)2-3-9(11,12)13/h4,6H,2-3,14H2,1H3. The lowest BCUT2D eigenvalue weighted by molar-refractivity contribution is -0.136. The Morgan fingerprint density at radius 1 is 1.53 bits per heavy atom. The molecule has 1 rings (SSSR count). The van der Waals surface area contributed by atoms with Crippen molar-refractivity contribution in [1.29, 1.82) is 0 Å². The molecule has 0 aliphatic rings. The van der Waals surface area contributed by atoms with E-state index in [-0.39, 0.29) is 6.42 Å². The first-order valence-electron chi connectivity index (χ1n) is 4.38. The lowest BCUT2D eigenvalue weighted by atomic mass is 10.1. The molecule has 86 valence electrons. The first-order chi connectivity index (χ1) is 6.79. The molecule has 1 atom stereocenters. The Hall–Kier alpha value is -0.0700. The molecule has 0 radical (unpaired) electrons. The molecule has 0 saturated carbocycles. The highest BCUT2D eigenvalue weighted by Gasteiger charge is 2.28. The van der Waals surface area contributed by atoms with Crippen molar-refractivity contribution in [2.75, 3.05) is 0 Å². The largest absolute Gasteiger partial charge is 0.389 e. The van der Waals surface area contributed by atoms with E-state index in [1.807, 2.05) is 13.0 Å². The SMILES string of the molecule is Cc1cc(C(N)CCC(F)(F)F)sc1Br. The van der Waals surface area contributed by atoms with Crippen LogP contribution in [0.4, 0.5) is 13.2 Å². The summed E-state index contributed by atoms with van der Waals surface area (Å²) in [5.41, 5.74) is 6.69. The number of hydrogen-bond donors (Lipinski definition) is 1. The highest BCUT2D eigenvalue weighted by atomic mass is 79.9. The summed E-state index contributed by atoms with van der Waals surface area (Å²) >= 11 is 4.71. The van der Waals surface area contributed by atoms with Crippen molar-refractivity contribution in [3.63, 3.8) is 0 Å². The Morgan fingerprint density at radius 3 is 2.53 bits per heavy atom. The van der Waals surface area contributed by atoms with Crippen LogP contribution >= 0.6 is 27.3 Å². The molecule has 6 heteroatoms. The molecule has 0 aromatic carbocycles. The van der Waals surface area contributed by atoms with Gasteiger partial charge in [0.25, 0.3) is 0 Å². The fourth-order valence-corrected chi connectivity index (χ4v) is 2.73. The fourth-order valence-electron chi connectivity index (χ4n) is 1.13. The molecule has 0 bridgehead atoms. The molecule has 0 spiro atoms. The molecule has 15 heavy (non-hydrogen) atoms. The van der Waals surface area contributed by atoms with E-state index in [1.165, 1.54) is 11.3 Å². The van der Waals surface area contributed by atoms with Gasteiger partial charge in [0.2, 0.25) is 0 Å². The molecule has 1 unspecified atom stereocenters. The van der Waals surface area contributed by atoms with Gasteiger partial charge in [-0.05, 0) is 40.9 Å². The van der Waals surface area contributed by atoms with E-state index in [2.05, 4.69) is 15.9 Å². The number of hydrogen-bond acceptors (Lipinski definition) is 2. The molecule has 0 saturated heterocycles. The van der Waals surface area contributed by atoms with Gasteiger partial charge >= 0.3 is 6.18 Å². The number of alkyl halides is 3. The van der Waals surface area contributed by atoms with Crippen LogP contribution in [0, 0.1) is 6.92 Å². The molecule has 1 nitrogen and oxygen atoms in total. The van der Waals surface area contributed by atoms with Crippen LogP contribution in [0.1, 0.15) is 29.3 Å². The van der Waals surface area contributed by atoms with Crippen molar-refractivity contribution in [3.8, 4) is 0 Å². The number of halogens is 4. The summed E-state index contributed by atoms with van der Waals surface area (Å²) in [6, 6.07) is 1.30. The third-order valence-electron chi connectivity index (χ3n) is 1.98. The van der Waals surface area contributed by atoms with Crippen molar-refractivity contribution >= 4 is 27.3 Å². The summed E-state index contributed by atoms with van der Waals surface area (Å²) in [5.74, 6) is 0. The van der Waals surface area contributed by atoms with E-state index in [1.54, 1.807) is 0 Å². The lowest BCUT2D eigenvalue weighted by Gasteiger charge is -2.11. The van der Waals surface area contributed by atoms with Gasteiger partial charge in [0.05, 0.1) is 3.79 Å². The minimum absolute atomic E-state index is 0.0596. The molecule has 0 aliphatic carbocycles. The Morgan fingerprint density at radius 2 is 2.13 bits per heavy atom. The van der Waals surface area contributed by atoms with Gasteiger partial charge in [-0.2, -0.15) is 13.2 Å². The summed E-state index contributed by atoms with van der Waals surface area (Å²) in [7, 11) is 0. The van der Waals surface area contributed by atoms with Crippen LogP contribution in [0.3, 0.4) is 0 Å². The summed E-state index contributed by atoms with van der Waals surface area (Å²) in [6.45, 7) is 1.89. The van der Waals surface area contributed by atoms with E-state index < -0.39 is 18.6 Å². The minimum Gasteiger partial charge on any atom is -0.323 e. The maximum atomic E-state index is 12.0. The maximum Gasteiger partial charge on any atom is 0.389 e. The molecule has 1 heterocycles. The molecule has 0 aliphatic heterocycles. The van der Waals surface area contributed by atoms with Gasteiger partial charge in [-0.15, -0.1) is 11.3 Å². The second-order valence-corrected chi connectivity index (χ2v) is 5.77. The summed E-state index contributed by atoms with van der Waals surface area (Å²) in [4.78, 5) is 0.795. The summed E-state index contributed by atoms with van der Waals surface area (Å²) in [5, 5.41) is 0. The highest BCUT2D eigenvalue weighted by molar-refractivity contribution is 9.11. The molecule has 2 N–H and O–H groups in total. The Labute approximate surface area is 98.6 Å².